The lowest BCUT2D eigenvalue weighted by molar-refractivity contribution is -0.125. The van der Waals surface area contributed by atoms with Crippen molar-refractivity contribution in [1.82, 2.24) is 10.2 Å². The lowest BCUT2D eigenvalue weighted by Gasteiger charge is -2.28. The molecule has 1 aromatic rings. The first-order valence-electron chi connectivity index (χ1n) is 6.92. The fourth-order valence-corrected chi connectivity index (χ4v) is 2.77. The largest absolute Gasteiger partial charge is 0.358 e. The fraction of sp³-hybridized carbons (Fsp3) is 0.467. The van der Waals surface area contributed by atoms with Crippen molar-refractivity contribution in [1.29, 1.82) is 0 Å². The molecule has 2 rings (SSSR count). The standard InChI is InChI=1S/C15H18F2N2O2/c1-9(19-7-3-4-13(19)15(21)18-2)14(20)11-6-5-10(16)8-12(11)17/h5-6,8-9,13H,3-4,7H2,1-2H3,(H,18,21). The second kappa shape index (κ2) is 6.30. The Balaban J connectivity index is 2.20. The third kappa shape index (κ3) is 3.10. The van der Waals surface area contributed by atoms with E-state index < -0.39 is 23.5 Å². The lowest BCUT2D eigenvalue weighted by atomic mass is 10.0. The van der Waals surface area contributed by atoms with Gasteiger partial charge in [-0.15, -0.1) is 0 Å². The number of likely N-dealkylation sites (N-methyl/N-ethyl adjacent to an activating group) is 1. The average molecular weight is 296 g/mol. The van der Waals surface area contributed by atoms with Gasteiger partial charge in [0.05, 0.1) is 17.6 Å². The van der Waals surface area contributed by atoms with Crippen molar-refractivity contribution in [2.24, 2.45) is 0 Å². The molecule has 0 aromatic heterocycles. The van der Waals surface area contributed by atoms with Crippen LogP contribution in [0.2, 0.25) is 0 Å². The number of Topliss-reactive ketones (excluding diaryl/α,β-unsaturated/α-hetero) is 1. The van der Waals surface area contributed by atoms with Crippen LogP contribution in [0.5, 0.6) is 0 Å². The summed E-state index contributed by atoms with van der Waals surface area (Å²) >= 11 is 0. The van der Waals surface area contributed by atoms with E-state index in [1.54, 1.807) is 18.9 Å². The van der Waals surface area contributed by atoms with Gasteiger partial charge in [0, 0.05) is 13.1 Å². The van der Waals surface area contributed by atoms with E-state index in [-0.39, 0.29) is 17.5 Å². The molecule has 2 atom stereocenters. The van der Waals surface area contributed by atoms with Crippen molar-refractivity contribution in [2.45, 2.75) is 31.8 Å². The second-order valence-electron chi connectivity index (χ2n) is 5.17. The first-order valence-corrected chi connectivity index (χ1v) is 6.92. The van der Waals surface area contributed by atoms with Gasteiger partial charge in [-0.05, 0) is 38.4 Å². The Morgan fingerprint density at radius 3 is 2.71 bits per heavy atom. The molecule has 1 aromatic carbocycles. The predicted molar refractivity (Wildman–Crippen MR) is 73.9 cm³/mol. The molecule has 1 heterocycles. The molecule has 2 unspecified atom stereocenters. The number of likely N-dealkylation sites (tertiary alicyclic amines) is 1. The summed E-state index contributed by atoms with van der Waals surface area (Å²) in [4.78, 5) is 26.0. The predicted octanol–water partition coefficient (Wildman–Crippen LogP) is 1.75. The highest BCUT2D eigenvalue weighted by Gasteiger charge is 2.36. The Labute approximate surface area is 122 Å². The minimum Gasteiger partial charge on any atom is -0.358 e. The second-order valence-corrected chi connectivity index (χ2v) is 5.17. The summed E-state index contributed by atoms with van der Waals surface area (Å²) < 4.78 is 26.6. The molecule has 0 bridgehead atoms. The van der Waals surface area contributed by atoms with Gasteiger partial charge in [-0.1, -0.05) is 0 Å². The summed E-state index contributed by atoms with van der Waals surface area (Å²) in [6.45, 7) is 2.25. The number of halogens is 2. The van der Waals surface area contributed by atoms with Crippen LogP contribution in [0.3, 0.4) is 0 Å². The molecule has 1 saturated heterocycles. The highest BCUT2D eigenvalue weighted by molar-refractivity contribution is 6.00. The van der Waals surface area contributed by atoms with Crippen LogP contribution in [0.1, 0.15) is 30.1 Å². The van der Waals surface area contributed by atoms with Crippen LogP contribution >= 0.6 is 0 Å². The highest BCUT2D eigenvalue weighted by Crippen LogP contribution is 2.23. The number of nitrogens with one attached hydrogen (secondary N) is 1. The summed E-state index contributed by atoms with van der Waals surface area (Å²) in [5.74, 6) is -2.18. The lowest BCUT2D eigenvalue weighted by Crippen LogP contribution is -2.48. The van der Waals surface area contributed by atoms with Gasteiger partial charge >= 0.3 is 0 Å². The quantitative estimate of drug-likeness (QED) is 0.861. The smallest absolute Gasteiger partial charge is 0.237 e. The maximum absolute atomic E-state index is 13.7. The molecule has 114 valence electrons. The van der Waals surface area contributed by atoms with E-state index in [0.717, 1.165) is 18.6 Å². The van der Waals surface area contributed by atoms with Crippen LogP contribution in [0, 0.1) is 11.6 Å². The number of rotatable bonds is 4. The van der Waals surface area contributed by atoms with Crippen LogP contribution in [0.4, 0.5) is 8.78 Å². The average Bonchev–Trinajstić information content (AvgIpc) is 2.94. The van der Waals surface area contributed by atoms with Gasteiger partial charge in [0.15, 0.2) is 5.78 Å². The molecule has 0 spiro atoms. The van der Waals surface area contributed by atoms with Crippen molar-refractivity contribution >= 4 is 11.7 Å². The molecular weight excluding hydrogens is 278 g/mol. The number of carbonyl (C=O) groups excluding carboxylic acids is 2. The minimum absolute atomic E-state index is 0.147. The summed E-state index contributed by atoms with van der Waals surface area (Å²) in [5.41, 5.74) is -0.147. The van der Waals surface area contributed by atoms with E-state index in [1.165, 1.54) is 0 Å². The molecule has 0 radical (unpaired) electrons. The van der Waals surface area contributed by atoms with Crippen molar-refractivity contribution in [3.63, 3.8) is 0 Å². The Bertz CT molecular complexity index is 563. The number of nitrogens with zero attached hydrogens (tertiary/aromatic N) is 1. The molecule has 1 fully saturated rings. The minimum atomic E-state index is -0.873. The van der Waals surface area contributed by atoms with E-state index in [2.05, 4.69) is 5.32 Å². The van der Waals surface area contributed by atoms with Crippen molar-refractivity contribution < 1.29 is 18.4 Å². The first-order chi connectivity index (χ1) is 9.95. The van der Waals surface area contributed by atoms with Crippen LogP contribution in [-0.4, -0.2) is 42.3 Å². The maximum atomic E-state index is 13.7. The zero-order valence-corrected chi connectivity index (χ0v) is 12.0. The third-order valence-corrected chi connectivity index (χ3v) is 3.92. The fourth-order valence-electron chi connectivity index (χ4n) is 2.77. The van der Waals surface area contributed by atoms with Crippen LogP contribution in [0.15, 0.2) is 18.2 Å². The number of ketones is 1. The van der Waals surface area contributed by atoms with Crippen molar-refractivity contribution in [3.05, 3.63) is 35.4 Å². The van der Waals surface area contributed by atoms with Gasteiger partial charge in [0.25, 0.3) is 0 Å². The first kappa shape index (κ1) is 15.6. The zero-order valence-electron chi connectivity index (χ0n) is 12.0. The number of amides is 1. The summed E-state index contributed by atoms with van der Waals surface area (Å²) in [7, 11) is 1.55. The Hall–Kier alpha value is -1.82. The van der Waals surface area contributed by atoms with E-state index >= 15 is 0 Å². The van der Waals surface area contributed by atoms with Crippen molar-refractivity contribution in [3.8, 4) is 0 Å². The molecular formula is C15H18F2N2O2. The SMILES string of the molecule is CNC(=O)C1CCCN1C(C)C(=O)c1ccc(F)cc1F. The van der Waals surface area contributed by atoms with Gasteiger partial charge in [-0.3, -0.25) is 14.5 Å². The maximum Gasteiger partial charge on any atom is 0.237 e. The normalized spacial score (nSPS) is 20.3. The Kier molecular flexibility index (Phi) is 4.67. The highest BCUT2D eigenvalue weighted by atomic mass is 19.1. The number of hydrogen-bond acceptors (Lipinski definition) is 3. The number of benzene rings is 1. The van der Waals surface area contributed by atoms with Gasteiger partial charge in [0.1, 0.15) is 11.6 Å². The van der Waals surface area contributed by atoms with E-state index in [0.29, 0.717) is 19.0 Å². The molecule has 1 aliphatic rings. The Morgan fingerprint density at radius 1 is 1.38 bits per heavy atom. The summed E-state index contributed by atoms with van der Waals surface area (Å²) in [6, 6.07) is 1.89. The van der Waals surface area contributed by atoms with E-state index in [9.17, 15) is 18.4 Å². The molecule has 6 heteroatoms. The van der Waals surface area contributed by atoms with Gasteiger partial charge < -0.3 is 5.32 Å². The van der Waals surface area contributed by atoms with Crippen molar-refractivity contribution in [2.75, 3.05) is 13.6 Å². The topological polar surface area (TPSA) is 49.4 Å². The van der Waals surface area contributed by atoms with E-state index in [1.807, 2.05) is 0 Å². The number of hydrogen-bond donors (Lipinski definition) is 1. The van der Waals surface area contributed by atoms with Gasteiger partial charge in [-0.2, -0.15) is 0 Å². The van der Waals surface area contributed by atoms with E-state index in [4.69, 9.17) is 0 Å². The number of carbonyl (C=O) groups is 2. The van der Waals surface area contributed by atoms with Gasteiger partial charge in [-0.25, -0.2) is 8.78 Å². The van der Waals surface area contributed by atoms with Crippen LogP contribution in [-0.2, 0) is 4.79 Å². The molecule has 1 amide bonds. The molecule has 1 aliphatic heterocycles. The molecule has 1 N–H and O–H groups in total. The monoisotopic (exact) mass is 296 g/mol. The van der Waals surface area contributed by atoms with Crippen LogP contribution in [0.25, 0.3) is 0 Å². The summed E-state index contributed by atoms with van der Waals surface area (Å²) in [6.07, 6.45) is 1.48. The van der Waals surface area contributed by atoms with Crippen LogP contribution < -0.4 is 5.32 Å². The van der Waals surface area contributed by atoms with Gasteiger partial charge in [0.2, 0.25) is 5.91 Å². The third-order valence-electron chi connectivity index (χ3n) is 3.92. The Morgan fingerprint density at radius 2 is 2.10 bits per heavy atom. The molecule has 0 saturated carbocycles. The summed E-state index contributed by atoms with van der Waals surface area (Å²) in [5, 5.41) is 2.57. The molecule has 21 heavy (non-hydrogen) atoms. The molecule has 0 aliphatic carbocycles. The molecule has 4 nitrogen and oxygen atoms in total. The zero-order chi connectivity index (χ0) is 15.6.